The molecule has 0 atom stereocenters. The standard InChI is InChI=1S/C14H20BNO3/c1-13(2)14(3,4)19-15(18-13)12-8-16-7-10-5-6-17-9-11(10)12/h7-8H,5-6,9H2,1-4H3. The Morgan fingerprint density at radius 2 is 1.79 bits per heavy atom. The number of rotatable bonds is 1. The van der Waals surface area contributed by atoms with E-state index in [4.69, 9.17) is 14.0 Å². The summed E-state index contributed by atoms with van der Waals surface area (Å²) >= 11 is 0. The molecule has 3 rings (SSSR count). The van der Waals surface area contributed by atoms with E-state index in [9.17, 15) is 0 Å². The summed E-state index contributed by atoms with van der Waals surface area (Å²) in [5.74, 6) is 0. The molecule has 0 radical (unpaired) electrons. The highest BCUT2D eigenvalue weighted by atomic mass is 16.7. The van der Waals surface area contributed by atoms with Crippen LogP contribution in [0.25, 0.3) is 0 Å². The minimum atomic E-state index is -0.353. The molecule has 1 aromatic rings. The van der Waals surface area contributed by atoms with Crippen molar-refractivity contribution < 1.29 is 14.0 Å². The van der Waals surface area contributed by atoms with Crippen molar-refractivity contribution in [2.45, 2.75) is 51.9 Å². The van der Waals surface area contributed by atoms with Crippen LogP contribution in [-0.2, 0) is 27.1 Å². The molecule has 0 aromatic carbocycles. The highest BCUT2D eigenvalue weighted by Gasteiger charge is 2.52. The quantitative estimate of drug-likeness (QED) is 0.717. The van der Waals surface area contributed by atoms with Gasteiger partial charge in [0.15, 0.2) is 0 Å². The SMILES string of the molecule is CC1(C)OB(c2cncc3c2COCC3)OC1(C)C. The Bertz CT molecular complexity index is 485. The molecule has 4 nitrogen and oxygen atoms in total. The molecule has 2 aliphatic heterocycles. The molecule has 0 saturated carbocycles. The Morgan fingerprint density at radius 3 is 2.47 bits per heavy atom. The Morgan fingerprint density at radius 1 is 1.11 bits per heavy atom. The lowest BCUT2D eigenvalue weighted by Crippen LogP contribution is -2.41. The third kappa shape index (κ3) is 2.10. The number of hydrogen-bond acceptors (Lipinski definition) is 4. The predicted molar refractivity (Wildman–Crippen MR) is 73.3 cm³/mol. The van der Waals surface area contributed by atoms with Crippen LogP contribution in [0, 0.1) is 0 Å². The highest BCUT2D eigenvalue weighted by molar-refractivity contribution is 6.62. The maximum Gasteiger partial charge on any atom is 0.496 e. The first-order valence-corrected chi connectivity index (χ1v) is 6.80. The lowest BCUT2D eigenvalue weighted by atomic mass is 9.75. The molecule has 0 spiro atoms. The van der Waals surface area contributed by atoms with E-state index in [1.807, 2.05) is 12.4 Å². The number of fused-ring (bicyclic) bond motifs is 1. The van der Waals surface area contributed by atoms with E-state index in [0.29, 0.717) is 6.61 Å². The molecule has 0 aliphatic carbocycles. The first kappa shape index (κ1) is 13.1. The van der Waals surface area contributed by atoms with Crippen LogP contribution >= 0.6 is 0 Å². The molecule has 102 valence electrons. The Kier molecular flexibility index (Phi) is 2.96. The molecule has 5 heteroatoms. The minimum Gasteiger partial charge on any atom is -0.399 e. The van der Waals surface area contributed by atoms with Crippen LogP contribution < -0.4 is 5.46 Å². The fourth-order valence-electron chi connectivity index (χ4n) is 2.47. The molecule has 0 N–H and O–H groups in total. The van der Waals surface area contributed by atoms with Crippen molar-refractivity contribution in [2.75, 3.05) is 6.61 Å². The highest BCUT2D eigenvalue weighted by Crippen LogP contribution is 2.36. The van der Waals surface area contributed by atoms with Gasteiger partial charge in [-0.25, -0.2) is 0 Å². The second-order valence-corrected chi connectivity index (χ2v) is 6.26. The van der Waals surface area contributed by atoms with Crippen LogP contribution in [0.5, 0.6) is 0 Å². The van der Waals surface area contributed by atoms with Crippen molar-refractivity contribution >= 4 is 12.6 Å². The van der Waals surface area contributed by atoms with Crippen LogP contribution in [-0.4, -0.2) is 29.9 Å². The van der Waals surface area contributed by atoms with Crippen molar-refractivity contribution in [2.24, 2.45) is 0 Å². The fourth-order valence-corrected chi connectivity index (χ4v) is 2.47. The van der Waals surface area contributed by atoms with E-state index >= 15 is 0 Å². The summed E-state index contributed by atoms with van der Waals surface area (Å²) in [5, 5.41) is 0. The Balaban J connectivity index is 1.96. The maximum absolute atomic E-state index is 6.10. The van der Waals surface area contributed by atoms with E-state index < -0.39 is 0 Å². The third-order valence-corrected chi connectivity index (χ3v) is 4.45. The van der Waals surface area contributed by atoms with E-state index in [2.05, 4.69) is 32.7 Å². The number of pyridine rings is 1. The number of aromatic nitrogens is 1. The largest absolute Gasteiger partial charge is 0.496 e. The Labute approximate surface area is 114 Å². The Hall–Kier alpha value is -0.905. The molecule has 2 aliphatic rings. The van der Waals surface area contributed by atoms with Gasteiger partial charge in [0.25, 0.3) is 0 Å². The van der Waals surface area contributed by atoms with Gasteiger partial charge in [0.2, 0.25) is 0 Å². The first-order chi connectivity index (χ1) is 8.91. The summed E-state index contributed by atoms with van der Waals surface area (Å²) in [6.07, 6.45) is 4.68. The van der Waals surface area contributed by atoms with Crippen LogP contribution in [0.4, 0.5) is 0 Å². The zero-order chi connectivity index (χ0) is 13.7. The van der Waals surface area contributed by atoms with Gasteiger partial charge in [-0.15, -0.1) is 0 Å². The number of hydrogen-bond donors (Lipinski definition) is 0. The van der Waals surface area contributed by atoms with Gasteiger partial charge in [-0.05, 0) is 45.2 Å². The van der Waals surface area contributed by atoms with Crippen molar-refractivity contribution in [3.8, 4) is 0 Å². The second-order valence-electron chi connectivity index (χ2n) is 6.26. The van der Waals surface area contributed by atoms with Gasteiger partial charge in [0, 0.05) is 17.9 Å². The summed E-state index contributed by atoms with van der Waals surface area (Å²) in [7, 11) is -0.353. The smallest absolute Gasteiger partial charge is 0.399 e. The first-order valence-electron chi connectivity index (χ1n) is 6.80. The summed E-state index contributed by atoms with van der Waals surface area (Å²) in [5.41, 5.74) is 2.79. The normalized spacial score (nSPS) is 24.3. The molecule has 1 saturated heterocycles. The van der Waals surface area contributed by atoms with Gasteiger partial charge in [0.05, 0.1) is 24.4 Å². The lowest BCUT2D eigenvalue weighted by Gasteiger charge is -2.32. The summed E-state index contributed by atoms with van der Waals surface area (Å²) in [4.78, 5) is 4.32. The number of nitrogens with zero attached hydrogens (tertiary/aromatic N) is 1. The van der Waals surface area contributed by atoms with Gasteiger partial charge < -0.3 is 14.0 Å². The van der Waals surface area contributed by atoms with Crippen molar-refractivity contribution in [3.63, 3.8) is 0 Å². The monoisotopic (exact) mass is 261 g/mol. The molecule has 0 unspecified atom stereocenters. The second kappa shape index (κ2) is 4.30. The van der Waals surface area contributed by atoms with Gasteiger partial charge in [0.1, 0.15) is 0 Å². The molecule has 0 amide bonds. The average Bonchev–Trinajstić information content (AvgIpc) is 2.58. The lowest BCUT2D eigenvalue weighted by molar-refractivity contribution is 0.00578. The van der Waals surface area contributed by atoms with E-state index in [1.165, 1.54) is 11.1 Å². The van der Waals surface area contributed by atoms with Gasteiger partial charge >= 0.3 is 7.12 Å². The summed E-state index contributed by atoms with van der Waals surface area (Å²) in [6, 6.07) is 0. The van der Waals surface area contributed by atoms with Crippen molar-refractivity contribution in [3.05, 3.63) is 23.5 Å². The fraction of sp³-hybridized carbons (Fsp3) is 0.643. The number of ether oxygens (including phenoxy) is 1. The topological polar surface area (TPSA) is 40.6 Å². The molecule has 3 heterocycles. The summed E-state index contributed by atoms with van der Waals surface area (Å²) in [6.45, 7) is 9.63. The van der Waals surface area contributed by atoms with Crippen LogP contribution in [0.1, 0.15) is 38.8 Å². The molecule has 1 fully saturated rings. The van der Waals surface area contributed by atoms with Crippen molar-refractivity contribution in [1.82, 2.24) is 4.98 Å². The molecule has 19 heavy (non-hydrogen) atoms. The van der Waals surface area contributed by atoms with Gasteiger partial charge in [-0.3, -0.25) is 4.98 Å². The molecule has 0 bridgehead atoms. The molecule has 1 aromatic heterocycles. The minimum absolute atomic E-state index is 0.323. The van der Waals surface area contributed by atoms with Gasteiger partial charge in [-0.2, -0.15) is 0 Å². The van der Waals surface area contributed by atoms with Crippen LogP contribution in [0.15, 0.2) is 12.4 Å². The third-order valence-electron chi connectivity index (χ3n) is 4.45. The van der Waals surface area contributed by atoms with E-state index in [-0.39, 0.29) is 18.3 Å². The predicted octanol–water partition coefficient (Wildman–Crippen LogP) is 1.45. The molecular formula is C14H20BNO3. The molecular weight excluding hydrogens is 241 g/mol. The average molecular weight is 261 g/mol. The van der Waals surface area contributed by atoms with Crippen LogP contribution in [0.2, 0.25) is 0 Å². The maximum atomic E-state index is 6.10. The zero-order valence-corrected chi connectivity index (χ0v) is 12.0. The van der Waals surface area contributed by atoms with Gasteiger partial charge in [-0.1, -0.05) is 0 Å². The zero-order valence-electron chi connectivity index (χ0n) is 12.0. The van der Waals surface area contributed by atoms with Crippen molar-refractivity contribution in [1.29, 1.82) is 0 Å². The van der Waals surface area contributed by atoms with E-state index in [1.54, 1.807) is 0 Å². The summed E-state index contributed by atoms with van der Waals surface area (Å²) < 4.78 is 17.8. The van der Waals surface area contributed by atoms with Crippen LogP contribution in [0.3, 0.4) is 0 Å². The van der Waals surface area contributed by atoms with E-state index in [0.717, 1.165) is 18.5 Å².